The van der Waals surface area contributed by atoms with Crippen molar-refractivity contribution >= 4 is 23.3 Å². The standard InChI is InChI=1S/C25H25NO5S/c1-31-23(28)19-16-26(14-17-8-4-2-5-9-17)15-18(22(19)27)20-10-11-21(32-20)25(24(29)30)12-6-3-7-13-25/h2,4-5,8-11,15-16H,3,6-7,12-14H2,1H3,(H,29,30). The van der Waals surface area contributed by atoms with Gasteiger partial charge < -0.3 is 14.4 Å². The van der Waals surface area contributed by atoms with E-state index < -0.39 is 22.8 Å². The van der Waals surface area contributed by atoms with Crippen molar-refractivity contribution in [3.8, 4) is 10.4 Å². The van der Waals surface area contributed by atoms with Crippen LogP contribution < -0.4 is 5.43 Å². The van der Waals surface area contributed by atoms with Crippen LogP contribution in [0.2, 0.25) is 0 Å². The van der Waals surface area contributed by atoms with Crippen LogP contribution in [0.1, 0.15) is 52.9 Å². The largest absolute Gasteiger partial charge is 0.481 e. The van der Waals surface area contributed by atoms with E-state index in [1.807, 2.05) is 36.4 Å². The summed E-state index contributed by atoms with van der Waals surface area (Å²) in [6.07, 6.45) is 7.23. The van der Waals surface area contributed by atoms with Crippen LogP contribution in [-0.4, -0.2) is 28.7 Å². The lowest BCUT2D eigenvalue weighted by molar-refractivity contribution is -0.145. The van der Waals surface area contributed by atoms with E-state index in [2.05, 4.69) is 0 Å². The second-order valence-corrected chi connectivity index (χ2v) is 9.26. The van der Waals surface area contributed by atoms with Gasteiger partial charge in [-0.25, -0.2) is 4.79 Å². The summed E-state index contributed by atoms with van der Waals surface area (Å²) in [5, 5.41) is 10.0. The molecule has 166 valence electrons. The Morgan fingerprint density at radius 2 is 1.78 bits per heavy atom. The molecule has 1 N–H and O–H groups in total. The highest BCUT2D eigenvalue weighted by Crippen LogP contribution is 2.44. The molecule has 3 aromatic rings. The summed E-state index contributed by atoms with van der Waals surface area (Å²) in [4.78, 5) is 39.1. The summed E-state index contributed by atoms with van der Waals surface area (Å²) < 4.78 is 6.63. The van der Waals surface area contributed by atoms with Gasteiger partial charge in [-0.05, 0) is 30.5 Å². The molecule has 32 heavy (non-hydrogen) atoms. The van der Waals surface area contributed by atoms with Gasteiger partial charge in [0, 0.05) is 28.7 Å². The van der Waals surface area contributed by atoms with Gasteiger partial charge in [0.15, 0.2) is 0 Å². The van der Waals surface area contributed by atoms with Crippen LogP contribution in [0.5, 0.6) is 0 Å². The number of carboxylic acids is 1. The smallest absolute Gasteiger partial charge is 0.343 e. The van der Waals surface area contributed by atoms with E-state index in [0.717, 1.165) is 29.7 Å². The fourth-order valence-corrected chi connectivity index (χ4v) is 5.66. The number of hydrogen-bond acceptors (Lipinski definition) is 5. The number of esters is 1. The Labute approximate surface area is 190 Å². The number of methoxy groups -OCH3 is 1. The summed E-state index contributed by atoms with van der Waals surface area (Å²) in [5.74, 6) is -1.50. The molecule has 0 aliphatic heterocycles. The Kier molecular flexibility index (Phi) is 6.28. The van der Waals surface area contributed by atoms with E-state index in [1.54, 1.807) is 16.8 Å². The quantitative estimate of drug-likeness (QED) is 0.549. The Bertz CT molecular complexity index is 1190. The zero-order valence-electron chi connectivity index (χ0n) is 17.9. The van der Waals surface area contributed by atoms with E-state index in [4.69, 9.17) is 4.74 Å². The third-order valence-electron chi connectivity index (χ3n) is 6.15. The zero-order valence-corrected chi connectivity index (χ0v) is 18.7. The molecule has 2 aromatic heterocycles. The average molecular weight is 452 g/mol. The molecular formula is C25H25NO5S. The molecule has 1 aliphatic rings. The molecule has 0 bridgehead atoms. The number of ether oxygens (including phenoxy) is 1. The van der Waals surface area contributed by atoms with Gasteiger partial charge in [-0.3, -0.25) is 9.59 Å². The molecule has 0 atom stereocenters. The van der Waals surface area contributed by atoms with Crippen molar-refractivity contribution in [3.05, 3.63) is 81.1 Å². The van der Waals surface area contributed by atoms with Crippen molar-refractivity contribution in [2.75, 3.05) is 7.11 Å². The first-order valence-corrected chi connectivity index (χ1v) is 11.5. The van der Waals surface area contributed by atoms with Crippen molar-refractivity contribution in [3.63, 3.8) is 0 Å². The highest BCUT2D eigenvalue weighted by atomic mass is 32.1. The molecule has 1 aliphatic carbocycles. The summed E-state index contributed by atoms with van der Waals surface area (Å²) >= 11 is 1.33. The number of aromatic nitrogens is 1. The summed E-state index contributed by atoms with van der Waals surface area (Å²) in [6, 6.07) is 13.4. The Morgan fingerprint density at radius 1 is 1.06 bits per heavy atom. The second kappa shape index (κ2) is 9.12. The number of thiophene rings is 1. The van der Waals surface area contributed by atoms with Gasteiger partial charge in [0.2, 0.25) is 5.43 Å². The minimum absolute atomic E-state index is 0.0403. The van der Waals surface area contributed by atoms with Crippen LogP contribution in [-0.2, 0) is 21.5 Å². The maximum Gasteiger partial charge on any atom is 0.343 e. The topological polar surface area (TPSA) is 85.6 Å². The molecule has 1 aromatic carbocycles. The fourth-order valence-electron chi connectivity index (χ4n) is 4.41. The van der Waals surface area contributed by atoms with E-state index in [9.17, 15) is 19.5 Å². The molecule has 0 saturated heterocycles. The fraction of sp³-hybridized carbons (Fsp3) is 0.320. The van der Waals surface area contributed by atoms with Gasteiger partial charge in [-0.1, -0.05) is 49.6 Å². The molecule has 0 unspecified atom stereocenters. The molecule has 0 amide bonds. The molecule has 1 saturated carbocycles. The number of benzene rings is 1. The lowest BCUT2D eigenvalue weighted by Gasteiger charge is -2.32. The first-order valence-electron chi connectivity index (χ1n) is 10.6. The first-order chi connectivity index (χ1) is 15.4. The molecule has 4 rings (SSSR count). The summed E-state index contributed by atoms with van der Waals surface area (Å²) in [6.45, 7) is 0.482. The number of rotatable bonds is 6. The van der Waals surface area contributed by atoms with Crippen molar-refractivity contribution in [1.82, 2.24) is 4.57 Å². The zero-order chi connectivity index (χ0) is 22.7. The number of carbonyl (C=O) groups excluding carboxylic acids is 1. The number of nitrogens with zero attached hydrogens (tertiary/aromatic N) is 1. The van der Waals surface area contributed by atoms with Gasteiger partial charge in [-0.2, -0.15) is 0 Å². The van der Waals surface area contributed by atoms with Crippen LogP contribution in [0.15, 0.2) is 59.7 Å². The molecule has 1 fully saturated rings. The number of aliphatic carboxylic acids is 1. The van der Waals surface area contributed by atoms with Gasteiger partial charge >= 0.3 is 11.9 Å². The van der Waals surface area contributed by atoms with Crippen molar-refractivity contribution < 1.29 is 19.4 Å². The number of carboxylic acid groups (broad SMARTS) is 1. The van der Waals surface area contributed by atoms with Crippen molar-refractivity contribution in [2.24, 2.45) is 0 Å². The Hall–Kier alpha value is -3.19. The highest BCUT2D eigenvalue weighted by Gasteiger charge is 2.42. The lowest BCUT2D eigenvalue weighted by Crippen LogP contribution is -2.36. The van der Waals surface area contributed by atoms with E-state index in [-0.39, 0.29) is 5.56 Å². The third kappa shape index (κ3) is 4.12. The first kappa shape index (κ1) is 22.0. The van der Waals surface area contributed by atoms with Gasteiger partial charge in [0.25, 0.3) is 0 Å². The predicted octanol–water partition coefficient (Wildman–Crippen LogP) is 4.70. The second-order valence-electron chi connectivity index (χ2n) is 8.18. The molecule has 7 heteroatoms. The lowest BCUT2D eigenvalue weighted by atomic mass is 9.73. The maximum absolute atomic E-state index is 13.1. The molecule has 0 spiro atoms. The molecular weight excluding hydrogens is 426 g/mol. The van der Waals surface area contributed by atoms with E-state index in [1.165, 1.54) is 24.6 Å². The number of hydrogen-bond donors (Lipinski definition) is 1. The van der Waals surface area contributed by atoms with Gasteiger partial charge in [0.05, 0.1) is 12.7 Å². The van der Waals surface area contributed by atoms with Crippen LogP contribution in [0.4, 0.5) is 0 Å². The van der Waals surface area contributed by atoms with Crippen LogP contribution in [0, 0.1) is 0 Å². The molecule has 2 heterocycles. The minimum Gasteiger partial charge on any atom is -0.481 e. The number of pyridine rings is 1. The molecule has 0 radical (unpaired) electrons. The minimum atomic E-state index is -0.899. The average Bonchev–Trinajstić information content (AvgIpc) is 3.31. The van der Waals surface area contributed by atoms with Crippen LogP contribution in [0.3, 0.4) is 0 Å². The number of carbonyl (C=O) groups is 2. The summed E-state index contributed by atoms with van der Waals surface area (Å²) in [5.41, 5.74) is 0.0433. The molecule has 6 nitrogen and oxygen atoms in total. The SMILES string of the molecule is COC(=O)c1cn(Cc2ccccc2)cc(-c2ccc(C3(C(=O)O)CCCCC3)s2)c1=O. The maximum atomic E-state index is 13.1. The van der Waals surface area contributed by atoms with Crippen LogP contribution >= 0.6 is 11.3 Å². The Morgan fingerprint density at radius 3 is 2.44 bits per heavy atom. The predicted molar refractivity (Wildman–Crippen MR) is 123 cm³/mol. The third-order valence-corrected chi connectivity index (χ3v) is 7.47. The monoisotopic (exact) mass is 451 g/mol. The van der Waals surface area contributed by atoms with E-state index in [0.29, 0.717) is 29.8 Å². The normalized spacial score (nSPS) is 15.3. The van der Waals surface area contributed by atoms with Gasteiger partial charge in [0.1, 0.15) is 11.0 Å². The summed E-state index contributed by atoms with van der Waals surface area (Å²) in [7, 11) is 1.25. The Balaban J connectivity index is 1.79. The van der Waals surface area contributed by atoms with Crippen LogP contribution in [0.25, 0.3) is 10.4 Å². The van der Waals surface area contributed by atoms with Crippen molar-refractivity contribution in [2.45, 2.75) is 44.1 Å². The van der Waals surface area contributed by atoms with E-state index >= 15 is 0 Å². The highest BCUT2D eigenvalue weighted by molar-refractivity contribution is 7.15. The van der Waals surface area contributed by atoms with Crippen molar-refractivity contribution in [1.29, 1.82) is 0 Å². The van der Waals surface area contributed by atoms with Gasteiger partial charge in [-0.15, -0.1) is 11.3 Å².